The van der Waals surface area contributed by atoms with Crippen LogP contribution in [0.2, 0.25) is 0 Å². The molecule has 3 heterocycles. The molecule has 0 aliphatic carbocycles. The minimum absolute atomic E-state index is 0.000277. The molecule has 7 heteroatoms. The first-order valence-electron chi connectivity index (χ1n) is 10.3. The molecule has 1 fully saturated rings. The van der Waals surface area contributed by atoms with E-state index in [-0.39, 0.29) is 23.9 Å². The number of fused-ring (bicyclic) bond motifs is 2. The molecule has 1 aromatic heterocycles. The number of hydrogen-bond acceptors (Lipinski definition) is 5. The number of nitrogens with zero attached hydrogens (tertiary/aromatic N) is 3. The lowest BCUT2D eigenvalue weighted by Crippen LogP contribution is -2.34. The van der Waals surface area contributed by atoms with Crippen molar-refractivity contribution < 1.29 is 14.3 Å². The van der Waals surface area contributed by atoms with Gasteiger partial charge in [-0.2, -0.15) is 5.10 Å². The van der Waals surface area contributed by atoms with Crippen molar-refractivity contribution in [2.45, 2.75) is 31.8 Å². The number of carbonyl (C=O) groups excluding carboxylic acids is 1. The molecule has 2 aliphatic heterocycles. The summed E-state index contributed by atoms with van der Waals surface area (Å²) in [5.41, 5.74) is 1.59. The Morgan fingerprint density at radius 2 is 1.90 bits per heavy atom. The van der Waals surface area contributed by atoms with Gasteiger partial charge in [-0.05, 0) is 42.7 Å². The third kappa shape index (κ3) is 3.40. The number of amides is 1. The fourth-order valence-corrected chi connectivity index (χ4v) is 4.30. The molecule has 0 saturated carbocycles. The van der Waals surface area contributed by atoms with Crippen LogP contribution < -0.4 is 14.9 Å². The summed E-state index contributed by atoms with van der Waals surface area (Å²) < 4.78 is 13.2. The molecular weight excluding hydrogens is 382 g/mol. The topological polar surface area (TPSA) is 73.7 Å². The highest BCUT2D eigenvalue weighted by molar-refractivity contribution is 5.82. The number of hydrogen-bond donors (Lipinski definition) is 0. The van der Waals surface area contributed by atoms with Crippen LogP contribution in [0.3, 0.4) is 0 Å². The maximum absolute atomic E-state index is 13.2. The van der Waals surface area contributed by atoms with Crippen LogP contribution in [0.5, 0.6) is 11.5 Å². The van der Waals surface area contributed by atoms with E-state index in [0.29, 0.717) is 30.7 Å². The summed E-state index contributed by atoms with van der Waals surface area (Å²) in [6.45, 7) is 2.09. The maximum Gasteiger partial charge on any atom is 0.244 e. The minimum Gasteiger partial charge on any atom is -0.490 e. The van der Waals surface area contributed by atoms with Crippen LogP contribution in [0.25, 0.3) is 10.9 Å². The third-order valence-corrected chi connectivity index (χ3v) is 5.78. The van der Waals surface area contributed by atoms with Crippen molar-refractivity contribution in [1.29, 1.82) is 0 Å². The van der Waals surface area contributed by atoms with Gasteiger partial charge in [0.1, 0.15) is 6.54 Å². The Morgan fingerprint density at radius 1 is 1.07 bits per heavy atom. The van der Waals surface area contributed by atoms with Crippen LogP contribution in [0.4, 0.5) is 0 Å². The zero-order valence-electron chi connectivity index (χ0n) is 16.6. The summed E-state index contributed by atoms with van der Waals surface area (Å²) >= 11 is 0. The molecule has 1 saturated heterocycles. The average Bonchev–Trinajstić information content (AvgIpc) is 3.15. The summed E-state index contributed by atoms with van der Waals surface area (Å²) in [5, 5.41) is 4.77. The normalized spacial score (nSPS) is 18.4. The lowest BCUT2D eigenvalue weighted by atomic mass is 10.0. The molecule has 30 heavy (non-hydrogen) atoms. The average molecular weight is 405 g/mol. The van der Waals surface area contributed by atoms with Gasteiger partial charge < -0.3 is 14.4 Å². The van der Waals surface area contributed by atoms with Crippen molar-refractivity contribution in [3.8, 4) is 11.5 Å². The highest BCUT2D eigenvalue weighted by atomic mass is 16.5. The summed E-state index contributed by atoms with van der Waals surface area (Å²) in [6.07, 6.45) is 3.99. The molecule has 0 spiro atoms. The van der Waals surface area contributed by atoms with E-state index in [1.165, 1.54) is 6.20 Å². The lowest BCUT2D eigenvalue weighted by Gasteiger charge is -2.26. The molecule has 1 amide bonds. The van der Waals surface area contributed by atoms with E-state index in [1.807, 2.05) is 41.3 Å². The van der Waals surface area contributed by atoms with Gasteiger partial charge >= 0.3 is 0 Å². The number of ether oxygens (including phenoxy) is 2. The SMILES string of the molecule is O=C(Cn1ncc(=O)c2ccccc21)N1CCC[C@H]1c1ccc2c(c1)OCCCO2. The Balaban J connectivity index is 1.41. The summed E-state index contributed by atoms with van der Waals surface area (Å²) in [5.74, 6) is 1.50. The van der Waals surface area contributed by atoms with Crippen molar-refractivity contribution in [2.24, 2.45) is 0 Å². The van der Waals surface area contributed by atoms with Crippen molar-refractivity contribution in [3.05, 3.63) is 64.4 Å². The first-order chi connectivity index (χ1) is 14.7. The smallest absolute Gasteiger partial charge is 0.244 e. The van der Waals surface area contributed by atoms with Gasteiger partial charge in [-0.25, -0.2) is 0 Å². The molecule has 0 radical (unpaired) electrons. The number of rotatable bonds is 3. The van der Waals surface area contributed by atoms with Gasteiger partial charge in [-0.3, -0.25) is 14.3 Å². The Morgan fingerprint density at radius 3 is 2.80 bits per heavy atom. The zero-order valence-corrected chi connectivity index (χ0v) is 16.6. The second-order valence-corrected chi connectivity index (χ2v) is 7.69. The standard InChI is InChI=1S/C23H23N3O4/c27-20-14-24-26(19-6-2-1-5-17(19)20)15-23(28)25-10-3-7-18(25)16-8-9-21-22(13-16)30-12-4-11-29-21/h1-2,5-6,8-9,13-14,18H,3-4,7,10-12,15H2/t18-/m0/s1. The van der Waals surface area contributed by atoms with Gasteiger partial charge in [0.25, 0.3) is 0 Å². The van der Waals surface area contributed by atoms with Crippen LogP contribution in [0, 0.1) is 0 Å². The van der Waals surface area contributed by atoms with E-state index in [4.69, 9.17) is 9.47 Å². The Bertz CT molecular complexity index is 1160. The van der Waals surface area contributed by atoms with Crippen LogP contribution in [-0.4, -0.2) is 40.3 Å². The van der Waals surface area contributed by atoms with E-state index in [0.717, 1.165) is 36.3 Å². The summed E-state index contributed by atoms with van der Waals surface area (Å²) in [6, 6.07) is 13.2. The highest BCUT2D eigenvalue weighted by Gasteiger charge is 2.31. The second-order valence-electron chi connectivity index (χ2n) is 7.69. The van der Waals surface area contributed by atoms with Crippen LogP contribution >= 0.6 is 0 Å². The Kier molecular flexibility index (Phi) is 4.86. The molecule has 3 aromatic rings. The largest absolute Gasteiger partial charge is 0.490 e. The number of carbonyl (C=O) groups is 1. The lowest BCUT2D eigenvalue weighted by molar-refractivity contribution is -0.132. The summed E-state index contributed by atoms with van der Waals surface area (Å²) in [7, 11) is 0. The Labute approximate surface area is 173 Å². The van der Waals surface area contributed by atoms with Crippen LogP contribution in [-0.2, 0) is 11.3 Å². The van der Waals surface area contributed by atoms with E-state index >= 15 is 0 Å². The van der Waals surface area contributed by atoms with Crippen molar-refractivity contribution >= 4 is 16.8 Å². The molecule has 2 aromatic carbocycles. The first kappa shape index (κ1) is 18.7. The second kappa shape index (κ2) is 7.82. The van der Waals surface area contributed by atoms with Crippen molar-refractivity contribution in [1.82, 2.24) is 14.7 Å². The fourth-order valence-electron chi connectivity index (χ4n) is 4.30. The Hall–Kier alpha value is -3.35. The van der Waals surface area contributed by atoms with Gasteiger partial charge in [0.2, 0.25) is 11.3 Å². The number of likely N-dealkylation sites (tertiary alicyclic amines) is 1. The van der Waals surface area contributed by atoms with E-state index < -0.39 is 0 Å². The van der Waals surface area contributed by atoms with Gasteiger partial charge in [0, 0.05) is 18.4 Å². The summed E-state index contributed by atoms with van der Waals surface area (Å²) in [4.78, 5) is 27.2. The number of para-hydroxylation sites is 1. The molecule has 7 nitrogen and oxygen atoms in total. The molecule has 1 atom stereocenters. The maximum atomic E-state index is 13.2. The predicted octanol–water partition coefficient (Wildman–Crippen LogP) is 2.92. The minimum atomic E-state index is -0.138. The number of aromatic nitrogens is 2. The van der Waals surface area contributed by atoms with Crippen molar-refractivity contribution in [2.75, 3.05) is 19.8 Å². The molecule has 2 aliphatic rings. The third-order valence-electron chi connectivity index (χ3n) is 5.78. The number of benzene rings is 2. The molecule has 154 valence electrons. The van der Waals surface area contributed by atoms with E-state index in [1.54, 1.807) is 10.7 Å². The van der Waals surface area contributed by atoms with Gasteiger partial charge in [-0.15, -0.1) is 0 Å². The first-order valence-corrected chi connectivity index (χ1v) is 10.3. The molecular formula is C23H23N3O4. The van der Waals surface area contributed by atoms with Gasteiger partial charge in [0.05, 0.1) is 31.0 Å². The van der Waals surface area contributed by atoms with Gasteiger partial charge in [0.15, 0.2) is 11.5 Å². The zero-order chi connectivity index (χ0) is 20.5. The molecule has 0 N–H and O–H groups in total. The van der Waals surface area contributed by atoms with Crippen LogP contribution in [0.1, 0.15) is 30.9 Å². The van der Waals surface area contributed by atoms with Crippen molar-refractivity contribution in [3.63, 3.8) is 0 Å². The fraction of sp³-hybridized carbons (Fsp3) is 0.348. The molecule has 5 rings (SSSR count). The quantitative estimate of drug-likeness (QED) is 0.670. The van der Waals surface area contributed by atoms with E-state index in [2.05, 4.69) is 5.10 Å². The monoisotopic (exact) mass is 405 g/mol. The van der Waals surface area contributed by atoms with E-state index in [9.17, 15) is 9.59 Å². The molecule has 0 bridgehead atoms. The highest BCUT2D eigenvalue weighted by Crippen LogP contribution is 2.38. The van der Waals surface area contributed by atoms with Gasteiger partial charge in [-0.1, -0.05) is 18.2 Å². The molecule has 0 unspecified atom stereocenters. The predicted molar refractivity (Wildman–Crippen MR) is 112 cm³/mol. The van der Waals surface area contributed by atoms with Crippen LogP contribution in [0.15, 0.2) is 53.5 Å².